The number of ether oxygens (including phenoxy) is 1. The maximum absolute atomic E-state index is 5.80. The Morgan fingerprint density at radius 1 is 1.37 bits per heavy atom. The van der Waals surface area contributed by atoms with Crippen molar-refractivity contribution in [2.45, 2.75) is 20.3 Å². The van der Waals surface area contributed by atoms with E-state index in [0.29, 0.717) is 25.7 Å². The van der Waals surface area contributed by atoms with Gasteiger partial charge >= 0.3 is 0 Å². The maximum Gasteiger partial charge on any atom is 0.193 e. The fourth-order valence-electron chi connectivity index (χ4n) is 1.51. The summed E-state index contributed by atoms with van der Waals surface area (Å²) >= 11 is 0. The molecule has 1 aromatic carbocycles. The number of nitrogens with zero attached hydrogens (tertiary/aromatic N) is 1. The second kappa shape index (κ2) is 8.32. The highest BCUT2D eigenvalue weighted by Gasteiger charge is 1.97. The molecule has 1 aromatic rings. The molecule has 3 N–H and O–H groups in total. The third-order valence-corrected chi connectivity index (χ3v) is 2.76. The predicted molar refractivity (Wildman–Crippen MR) is 81.7 cm³/mol. The number of rotatable bonds is 7. The van der Waals surface area contributed by atoms with Crippen molar-refractivity contribution in [2.75, 3.05) is 25.1 Å². The van der Waals surface area contributed by atoms with Crippen LogP contribution in [0.3, 0.4) is 0 Å². The van der Waals surface area contributed by atoms with Crippen LogP contribution in [0.5, 0.6) is 0 Å². The molecule has 0 aromatic heterocycles. The van der Waals surface area contributed by atoms with Crippen molar-refractivity contribution in [1.29, 1.82) is 0 Å². The molecule has 0 spiro atoms. The van der Waals surface area contributed by atoms with E-state index < -0.39 is 0 Å². The first-order valence-corrected chi connectivity index (χ1v) is 6.46. The molecule has 0 unspecified atom stereocenters. The number of guanidine groups is 1. The van der Waals surface area contributed by atoms with Crippen LogP contribution in [-0.4, -0.2) is 25.7 Å². The highest BCUT2D eigenvalue weighted by Crippen LogP contribution is 2.13. The molecule has 0 saturated carbocycles. The molecule has 0 heterocycles. The lowest BCUT2D eigenvalue weighted by Crippen LogP contribution is -2.23. The van der Waals surface area contributed by atoms with Crippen molar-refractivity contribution >= 4 is 11.6 Å². The predicted octanol–water partition coefficient (Wildman–Crippen LogP) is 2.62. The standard InChI is InChI=1S/C15H23N3O/c1-4-5-9-19-10-8-17-15(16)18-14-7-6-12(2)13(3)11-14/h4,6-7,11H,1,5,8-10H2,2-3H3,(H3,16,17,18). The average Bonchev–Trinajstić information content (AvgIpc) is 2.38. The summed E-state index contributed by atoms with van der Waals surface area (Å²) in [4.78, 5) is 4.20. The zero-order valence-corrected chi connectivity index (χ0v) is 11.8. The van der Waals surface area contributed by atoms with E-state index in [-0.39, 0.29) is 0 Å². The first-order valence-electron chi connectivity index (χ1n) is 6.46. The second-order valence-corrected chi connectivity index (χ2v) is 4.38. The molecule has 4 heteroatoms. The van der Waals surface area contributed by atoms with Gasteiger partial charge in [0, 0.05) is 5.69 Å². The first-order chi connectivity index (χ1) is 9.13. The van der Waals surface area contributed by atoms with Crippen molar-refractivity contribution in [2.24, 2.45) is 10.7 Å². The van der Waals surface area contributed by atoms with Crippen molar-refractivity contribution in [3.05, 3.63) is 42.0 Å². The highest BCUT2D eigenvalue weighted by molar-refractivity contribution is 5.92. The summed E-state index contributed by atoms with van der Waals surface area (Å²) in [7, 11) is 0. The van der Waals surface area contributed by atoms with Gasteiger partial charge < -0.3 is 15.8 Å². The monoisotopic (exact) mass is 261 g/mol. The summed E-state index contributed by atoms with van der Waals surface area (Å²) < 4.78 is 5.35. The van der Waals surface area contributed by atoms with E-state index in [1.807, 2.05) is 12.1 Å². The van der Waals surface area contributed by atoms with E-state index in [1.165, 1.54) is 11.1 Å². The van der Waals surface area contributed by atoms with Crippen LogP contribution in [-0.2, 0) is 4.74 Å². The van der Waals surface area contributed by atoms with Crippen LogP contribution < -0.4 is 11.1 Å². The summed E-state index contributed by atoms with van der Waals surface area (Å²) in [6.45, 7) is 9.59. The van der Waals surface area contributed by atoms with E-state index in [0.717, 1.165) is 12.1 Å². The van der Waals surface area contributed by atoms with Gasteiger partial charge in [0.05, 0.1) is 19.8 Å². The van der Waals surface area contributed by atoms with Crippen LogP contribution in [0.2, 0.25) is 0 Å². The molecule has 0 saturated heterocycles. The summed E-state index contributed by atoms with van der Waals surface area (Å²) in [5.74, 6) is 0.413. The summed E-state index contributed by atoms with van der Waals surface area (Å²) in [6, 6.07) is 6.10. The van der Waals surface area contributed by atoms with E-state index in [1.54, 1.807) is 0 Å². The second-order valence-electron chi connectivity index (χ2n) is 4.38. The van der Waals surface area contributed by atoms with Crippen LogP contribution in [0, 0.1) is 13.8 Å². The lowest BCUT2D eigenvalue weighted by atomic mass is 10.1. The first kappa shape index (κ1) is 15.2. The number of aryl methyl sites for hydroxylation is 2. The average molecular weight is 261 g/mol. The van der Waals surface area contributed by atoms with E-state index in [4.69, 9.17) is 10.5 Å². The number of nitrogens with two attached hydrogens (primary N) is 1. The Morgan fingerprint density at radius 3 is 2.84 bits per heavy atom. The Kier molecular flexibility index (Phi) is 6.68. The van der Waals surface area contributed by atoms with Gasteiger partial charge in [-0.3, -0.25) is 4.99 Å². The lowest BCUT2D eigenvalue weighted by Gasteiger charge is -2.08. The molecule has 19 heavy (non-hydrogen) atoms. The molecule has 104 valence electrons. The molecule has 0 atom stereocenters. The topological polar surface area (TPSA) is 59.6 Å². The molecule has 0 fully saturated rings. The molecular formula is C15H23N3O. The third kappa shape index (κ3) is 6.06. The van der Waals surface area contributed by atoms with Gasteiger partial charge in [-0.15, -0.1) is 6.58 Å². The van der Waals surface area contributed by atoms with Crippen LogP contribution in [0.1, 0.15) is 17.5 Å². The van der Waals surface area contributed by atoms with E-state index in [2.05, 4.69) is 42.9 Å². The fourth-order valence-corrected chi connectivity index (χ4v) is 1.51. The molecule has 0 aliphatic carbocycles. The molecule has 0 aliphatic heterocycles. The third-order valence-electron chi connectivity index (χ3n) is 2.76. The van der Waals surface area contributed by atoms with Gasteiger partial charge in [0.2, 0.25) is 0 Å². The molecule has 4 nitrogen and oxygen atoms in total. The summed E-state index contributed by atoms with van der Waals surface area (Å²) in [5, 5.41) is 3.07. The number of anilines is 1. The Balaban J connectivity index is 2.34. The normalized spacial score (nSPS) is 11.4. The smallest absolute Gasteiger partial charge is 0.193 e. The van der Waals surface area contributed by atoms with Crippen LogP contribution >= 0.6 is 0 Å². The van der Waals surface area contributed by atoms with Gasteiger partial charge in [0.15, 0.2) is 5.96 Å². The highest BCUT2D eigenvalue weighted by atomic mass is 16.5. The van der Waals surface area contributed by atoms with Crippen LogP contribution in [0.4, 0.5) is 5.69 Å². The van der Waals surface area contributed by atoms with E-state index >= 15 is 0 Å². The maximum atomic E-state index is 5.80. The molecule has 1 rings (SSSR count). The summed E-state index contributed by atoms with van der Waals surface area (Å²) in [6.07, 6.45) is 2.69. The van der Waals surface area contributed by atoms with Gasteiger partial charge in [0.25, 0.3) is 0 Å². The van der Waals surface area contributed by atoms with Crippen molar-refractivity contribution in [1.82, 2.24) is 0 Å². The van der Waals surface area contributed by atoms with Gasteiger partial charge in [-0.05, 0) is 43.5 Å². The number of hydrogen-bond donors (Lipinski definition) is 2. The lowest BCUT2D eigenvalue weighted by molar-refractivity contribution is 0.146. The minimum Gasteiger partial charge on any atom is -0.379 e. The van der Waals surface area contributed by atoms with Crippen LogP contribution in [0.15, 0.2) is 35.8 Å². The Morgan fingerprint density at radius 2 is 2.16 bits per heavy atom. The minimum atomic E-state index is 0.413. The largest absolute Gasteiger partial charge is 0.379 e. The number of hydrogen-bond acceptors (Lipinski definition) is 2. The molecule has 0 bridgehead atoms. The van der Waals surface area contributed by atoms with Gasteiger partial charge in [-0.2, -0.15) is 0 Å². The molecule has 0 amide bonds. The molecule has 0 radical (unpaired) electrons. The minimum absolute atomic E-state index is 0.413. The number of benzene rings is 1. The SMILES string of the molecule is C=CCCOCCN=C(N)Nc1ccc(C)c(C)c1. The number of aliphatic imine (C=N–C) groups is 1. The number of nitrogens with one attached hydrogen (secondary N) is 1. The fraction of sp³-hybridized carbons (Fsp3) is 0.400. The van der Waals surface area contributed by atoms with E-state index in [9.17, 15) is 0 Å². The Labute approximate surface area is 115 Å². The van der Waals surface area contributed by atoms with Gasteiger partial charge in [-0.25, -0.2) is 0 Å². The zero-order valence-electron chi connectivity index (χ0n) is 11.8. The molecular weight excluding hydrogens is 238 g/mol. The van der Waals surface area contributed by atoms with Gasteiger partial charge in [0.1, 0.15) is 0 Å². The van der Waals surface area contributed by atoms with Crippen LogP contribution in [0.25, 0.3) is 0 Å². The van der Waals surface area contributed by atoms with Crippen molar-refractivity contribution < 1.29 is 4.74 Å². The summed E-state index contributed by atoms with van der Waals surface area (Å²) in [5.41, 5.74) is 9.25. The van der Waals surface area contributed by atoms with Crippen molar-refractivity contribution in [3.63, 3.8) is 0 Å². The van der Waals surface area contributed by atoms with Gasteiger partial charge in [-0.1, -0.05) is 12.1 Å². The Bertz CT molecular complexity index is 441. The quantitative estimate of drug-likeness (QED) is 0.343. The molecule has 0 aliphatic rings. The van der Waals surface area contributed by atoms with Crippen molar-refractivity contribution in [3.8, 4) is 0 Å². The zero-order chi connectivity index (χ0) is 14.1. The Hall–Kier alpha value is -1.81.